The maximum atomic E-state index is 11.8. The first-order chi connectivity index (χ1) is 9.69. The van der Waals surface area contributed by atoms with Crippen LogP contribution in [0.5, 0.6) is 5.75 Å². The van der Waals surface area contributed by atoms with Crippen LogP contribution in [0.25, 0.3) is 0 Å². The molecular formula is C15H16N2O3. The topological polar surface area (TPSA) is 71.2 Å². The van der Waals surface area contributed by atoms with E-state index in [1.54, 1.807) is 12.1 Å². The predicted molar refractivity (Wildman–Crippen MR) is 77.0 cm³/mol. The molecule has 1 aromatic heterocycles. The van der Waals surface area contributed by atoms with Gasteiger partial charge in [-0.3, -0.25) is 9.59 Å². The molecule has 0 bridgehead atoms. The number of aromatic nitrogens is 1. The Bertz CT molecular complexity index is 632. The third-order valence-corrected chi connectivity index (χ3v) is 2.69. The SMILES string of the molecule is CCOc1ccc(CC(=O)Nc2ccc[nH]c2=O)cc1. The van der Waals surface area contributed by atoms with Crippen molar-refractivity contribution in [3.8, 4) is 5.75 Å². The molecule has 20 heavy (non-hydrogen) atoms. The average Bonchev–Trinajstić information content (AvgIpc) is 2.44. The summed E-state index contributed by atoms with van der Waals surface area (Å²) in [7, 11) is 0. The van der Waals surface area contributed by atoms with E-state index in [2.05, 4.69) is 10.3 Å². The quantitative estimate of drug-likeness (QED) is 0.874. The first-order valence-electron chi connectivity index (χ1n) is 6.38. The molecule has 0 aliphatic carbocycles. The fraction of sp³-hybridized carbons (Fsp3) is 0.200. The van der Waals surface area contributed by atoms with Gasteiger partial charge in [-0.15, -0.1) is 0 Å². The van der Waals surface area contributed by atoms with E-state index in [4.69, 9.17) is 4.74 Å². The van der Waals surface area contributed by atoms with Gasteiger partial charge in [0.1, 0.15) is 11.4 Å². The van der Waals surface area contributed by atoms with Gasteiger partial charge in [0.2, 0.25) is 5.91 Å². The van der Waals surface area contributed by atoms with Crippen molar-refractivity contribution < 1.29 is 9.53 Å². The summed E-state index contributed by atoms with van der Waals surface area (Å²) >= 11 is 0. The molecule has 2 rings (SSSR count). The molecule has 5 heteroatoms. The predicted octanol–water partition coefficient (Wildman–Crippen LogP) is 1.95. The van der Waals surface area contributed by atoms with Crippen LogP contribution in [0.2, 0.25) is 0 Å². The van der Waals surface area contributed by atoms with Crippen molar-refractivity contribution in [2.75, 3.05) is 11.9 Å². The number of carbonyl (C=O) groups is 1. The van der Waals surface area contributed by atoms with Crippen molar-refractivity contribution in [3.63, 3.8) is 0 Å². The number of hydrogen-bond donors (Lipinski definition) is 2. The molecule has 0 aliphatic rings. The summed E-state index contributed by atoms with van der Waals surface area (Å²) < 4.78 is 5.33. The molecule has 0 atom stereocenters. The Hall–Kier alpha value is -2.56. The van der Waals surface area contributed by atoms with E-state index in [1.807, 2.05) is 31.2 Å². The number of benzene rings is 1. The molecule has 2 N–H and O–H groups in total. The minimum Gasteiger partial charge on any atom is -0.494 e. The summed E-state index contributed by atoms with van der Waals surface area (Å²) in [6.07, 6.45) is 1.73. The van der Waals surface area contributed by atoms with Gasteiger partial charge in [0.05, 0.1) is 13.0 Å². The highest BCUT2D eigenvalue weighted by molar-refractivity contribution is 5.92. The lowest BCUT2D eigenvalue weighted by Crippen LogP contribution is -2.20. The Balaban J connectivity index is 1.98. The molecule has 104 valence electrons. The Morgan fingerprint density at radius 2 is 2.00 bits per heavy atom. The fourth-order valence-corrected chi connectivity index (χ4v) is 1.77. The average molecular weight is 272 g/mol. The third kappa shape index (κ3) is 3.71. The number of anilines is 1. The first kappa shape index (κ1) is 13.9. The fourth-order valence-electron chi connectivity index (χ4n) is 1.77. The van der Waals surface area contributed by atoms with E-state index in [9.17, 15) is 9.59 Å². The Morgan fingerprint density at radius 3 is 2.65 bits per heavy atom. The Morgan fingerprint density at radius 1 is 1.25 bits per heavy atom. The molecule has 0 unspecified atom stereocenters. The van der Waals surface area contributed by atoms with E-state index in [0.29, 0.717) is 6.61 Å². The van der Waals surface area contributed by atoms with Crippen LogP contribution in [-0.4, -0.2) is 17.5 Å². The zero-order valence-electron chi connectivity index (χ0n) is 11.2. The lowest BCUT2D eigenvalue weighted by Gasteiger charge is -2.06. The summed E-state index contributed by atoms with van der Waals surface area (Å²) in [5.74, 6) is 0.544. The second-order valence-electron chi connectivity index (χ2n) is 4.21. The molecule has 1 heterocycles. The molecule has 0 saturated carbocycles. The molecule has 0 spiro atoms. The van der Waals surface area contributed by atoms with Crippen LogP contribution >= 0.6 is 0 Å². The molecule has 1 aromatic carbocycles. The van der Waals surface area contributed by atoms with Crippen LogP contribution in [0.15, 0.2) is 47.4 Å². The van der Waals surface area contributed by atoms with Gasteiger partial charge >= 0.3 is 0 Å². The number of ether oxygens (including phenoxy) is 1. The molecule has 0 fully saturated rings. The number of rotatable bonds is 5. The van der Waals surface area contributed by atoms with Crippen molar-refractivity contribution in [2.45, 2.75) is 13.3 Å². The van der Waals surface area contributed by atoms with Crippen LogP contribution in [-0.2, 0) is 11.2 Å². The van der Waals surface area contributed by atoms with E-state index in [-0.39, 0.29) is 23.6 Å². The van der Waals surface area contributed by atoms with Gasteiger partial charge in [-0.25, -0.2) is 0 Å². The van der Waals surface area contributed by atoms with Crippen molar-refractivity contribution in [1.29, 1.82) is 0 Å². The summed E-state index contributed by atoms with van der Waals surface area (Å²) in [6, 6.07) is 10.5. The minimum atomic E-state index is -0.312. The van der Waals surface area contributed by atoms with E-state index >= 15 is 0 Å². The number of H-pyrrole nitrogens is 1. The summed E-state index contributed by atoms with van der Waals surface area (Å²) in [5.41, 5.74) is 0.800. The van der Waals surface area contributed by atoms with Gasteiger partial charge in [0, 0.05) is 6.20 Å². The summed E-state index contributed by atoms with van der Waals surface area (Å²) in [5, 5.41) is 2.58. The largest absolute Gasteiger partial charge is 0.494 e. The van der Waals surface area contributed by atoms with Crippen LogP contribution < -0.4 is 15.6 Å². The lowest BCUT2D eigenvalue weighted by atomic mass is 10.1. The number of amides is 1. The van der Waals surface area contributed by atoms with Gasteiger partial charge in [-0.1, -0.05) is 12.1 Å². The van der Waals surface area contributed by atoms with Crippen molar-refractivity contribution in [1.82, 2.24) is 4.98 Å². The standard InChI is InChI=1S/C15H16N2O3/c1-2-20-12-7-5-11(6-8-12)10-14(18)17-13-4-3-9-16-15(13)19/h3-9H,2,10H2,1H3,(H,16,19)(H,17,18). The van der Waals surface area contributed by atoms with Crippen LogP contribution in [0, 0.1) is 0 Å². The van der Waals surface area contributed by atoms with E-state index < -0.39 is 0 Å². The zero-order chi connectivity index (χ0) is 14.4. The zero-order valence-corrected chi connectivity index (χ0v) is 11.2. The lowest BCUT2D eigenvalue weighted by molar-refractivity contribution is -0.115. The van der Waals surface area contributed by atoms with Crippen LogP contribution in [0.1, 0.15) is 12.5 Å². The number of hydrogen-bond acceptors (Lipinski definition) is 3. The molecule has 0 aliphatic heterocycles. The van der Waals surface area contributed by atoms with Gasteiger partial charge < -0.3 is 15.0 Å². The van der Waals surface area contributed by atoms with Crippen molar-refractivity contribution in [3.05, 3.63) is 58.5 Å². The molecular weight excluding hydrogens is 256 g/mol. The van der Waals surface area contributed by atoms with Gasteiger partial charge in [0.25, 0.3) is 5.56 Å². The Kier molecular flexibility index (Phi) is 4.55. The minimum absolute atomic E-state index is 0.209. The first-order valence-corrected chi connectivity index (χ1v) is 6.38. The summed E-state index contributed by atoms with van der Waals surface area (Å²) in [4.78, 5) is 25.8. The van der Waals surface area contributed by atoms with Gasteiger partial charge in [-0.05, 0) is 36.8 Å². The molecule has 0 saturated heterocycles. The highest BCUT2D eigenvalue weighted by Crippen LogP contribution is 2.12. The van der Waals surface area contributed by atoms with E-state index in [0.717, 1.165) is 11.3 Å². The summed E-state index contributed by atoms with van der Waals surface area (Å²) in [6.45, 7) is 2.52. The van der Waals surface area contributed by atoms with E-state index in [1.165, 1.54) is 6.20 Å². The number of aromatic amines is 1. The molecule has 1 amide bonds. The highest BCUT2D eigenvalue weighted by Gasteiger charge is 2.06. The molecule has 0 radical (unpaired) electrons. The smallest absolute Gasteiger partial charge is 0.271 e. The second kappa shape index (κ2) is 6.56. The third-order valence-electron chi connectivity index (χ3n) is 2.69. The monoisotopic (exact) mass is 272 g/mol. The number of pyridine rings is 1. The number of nitrogens with one attached hydrogen (secondary N) is 2. The van der Waals surface area contributed by atoms with Crippen LogP contribution in [0.4, 0.5) is 5.69 Å². The van der Waals surface area contributed by atoms with Crippen molar-refractivity contribution >= 4 is 11.6 Å². The number of carbonyl (C=O) groups excluding carboxylic acids is 1. The second-order valence-corrected chi connectivity index (χ2v) is 4.21. The molecule has 5 nitrogen and oxygen atoms in total. The van der Waals surface area contributed by atoms with Gasteiger partial charge in [-0.2, -0.15) is 0 Å². The van der Waals surface area contributed by atoms with Crippen molar-refractivity contribution in [2.24, 2.45) is 0 Å². The van der Waals surface area contributed by atoms with Crippen LogP contribution in [0.3, 0.4) is 0 Å². The maximum absolute atomic E-state index is 11.8. The normalized spacial score (nSPS) is 10.1. The molecule has 2 aromatic rings. The Labute approximate surface area is 116 Å². The maximum Gasteiger partial charge on any atom is 0.271 e. The van der Waals surface area contributed by atoms with Gasteiger partial charge in [0.15, 0.2) is 0 Å². The highest BCUT2D eigenvalue weighted by atomic mass is 16.5.